The SMILES string of the molecule is CCc1ccc2c(c1CC)OC2=O. The lowest BCUT2D eigenvalue weighted by Gasteiger charge is -2.22. The molecule has 2 nitrogen and oxygen atoms in total. The number of benzene rings is 1. The Kier molecular flexibility index (Phi) is 1.83. The summed E-state index contributed by atoms with van der Waals surface area (Å²) < 4.78 is 5.01. The van der Waals surface area contributed by atoms with Crippen molar-refractivity contribution in [1.82, 2.24) is 0 Å². The van der Waals surface area contributed by atoms with E-state index in [1.807, 2.05) is 12.1 Å². The molecule has 0 atom stereocenters. The average Bonchev–Trinajstić information content (AvgIpc) is 2.15. The molecule has 0 spiro atoms. The van der Waals surface area contributed by atoms with E-state index in [-0.39, 0.29) is 5.97 Å². The maximum absolute atomic E-state index is 11.0. The molecule has 0 saturated carbocycles. The smallest absolute Gasteiger partial charge is 0.347 e. The molecular weight excluding hydrogens is 164 g/mol. The summed E-state index contributed by atoms with van der Waals surface area (Å²) in [6.45, 7) is 4.20. The highest BCUT2D eigenvalue weighted by Crippen LogP contribution is 2.35. The van der Waals surface area contributed by atoms with Crippen molar-refractivity contribution in [2.24, 2.45) is 0 Å². The molecule has 13 heavy (non-hydrogen) atoms. The molecule has 1 aliphatic rings. The van der Waals surface area contributed by atoms with Gasteiger partial charge in [0.2, 0.25) is 0 Å². The Hall–Kier alpha value is -1.31. The summed E-state index contributed by atoms with van der Waals surface area (Å²) >= 11 is 0. The van der Waals surface area contributed by atoms with E-state index in [0.29, 0.717) is 0 Å². The van der Waals surface area contributed by atoms with Crippen LogP contribution >= 0.6 is 0 Å². The molecule has 2 heteroatoms. The summed E-state index contributed by atoms with van der Waals surface area (Å²) in [5.74, 6) is 0.624. The van der Waals surface area contributed by atoms with E-state index in [2.05, 4.69) is 13.8 Å². The number of rotatable bonds is 2. The van der Waals surface area contributed by atoms with Crippen LogP contribution in [0, 0.1) is 0 Å². The number of aryl methyl sites for hydroxylation is 1. The van der Waals surface area contributed by atoms with Gasteiger partial charge in [-0.2, -0.15) is 0 Å². The van der Waals surface area contributed by atoms with Gasteiger partial charge in [0, 0.05) is 0 Å². The Morgan fingerprint density at radius 1 is 1.23 bits per heavy atom. The molecule has 1 aromatic rings. The normalized spacial score (nSPS) is 13.2. The van der Waals surface area contributed by atoms with Crippen LogP contribution in [-0.2, 0) is 12.8 Å². The van der Waals surface area contributed by atoms with E-state index < -0.39 is 0 Å². The Morgan fingerprint density at radius 2 is 2.00 bits per heavy atom. The van der Waals surface area contributed by atoms with Crippen molar-refractivity contribution < 1.29 is 9.53 Å². The number of ether oxygens (including phenoxy) is 1. The van der Waals surface area contributed by atoms with Crippen LogP contribution in [0.2, 0.25) is 0 Å². The minimum atomic E-state index is -0.188. The number of esters is 1. The third-order valence-electron chi connectivity index (χ3n) is 2.51. The van der Waals surface area contributed by atoms with Gasteiger partial charge in [0.1, 0.15) is 11.3 Å². The highest BCUT2D eigenvalue weighted by atomic mass is 16.6. The summed E-state index contributed by atoms with van der Waals surface area (Å²) in [6, 6.07) is 3.89. The fourth-order valence-electron chi connectivity index (χ4n) is 1.77. The molecular formula is C11H12O2. The van der Waals surface area contributed by atoms with E-state index in [1.165, 1.54) is 11.1 Å². The lowest BCUT2D eigenvalue weighted by Crippen LogP contribution is -2.23. The zero-order valence-corrected chi connectivity index (χ0v) is 7.89. The van der Waals surface area contributed by atoms with Gasteiger partial charge < -0.3 is 4.74 Å². The van der Waals surface area contributed by atoms with Crippen molar-refractivity contribution in [3.05, 3.63) is 28.8 Å². The summed E-state index contributed by atoms with van der Waals surface area (Å²) in [5.41, 5.74) is 3.22. The van der Waals surface area contributed by atoms with Crippen LogP contribution in [0.25, 0.3) is 0 Å². The summed E-state index contributed by atoms with van der Waals surface area (Å²) in [7, 11) is 0. The average molecular weight is 176 g/mol. The van der Waals surface area contributed by atoms with Gasteiger partial charge in [-0.15, -0.1) is 0 Å². The third-order valence-corrected chi connectivity index (χ3v) is 2.51. The summed E-state index contributed by atoms with van der Waals surface area (Å²) in [6.07, 6.45) is 1.92. The molecule has 0 aromatic heterocycles. The van der Waals surface area contributed by atoms with Crippen molar-refractivity contribution in [1.29, 1.82) is 0 Å². The van der Waals surface area contributed by atoms with Crippen molar-refractivity contribution in [3.63, 3.8) is 0 Å². The predicted molar refractivity (Wildman–Crippen MR) is 50.2 cm³/mol. The van der Waals surface area contributed by atoms with Gasteiger partial charge in [-0.05, 0) is 30.0 Å². The fraction of sp³-hybridized carbons (Fsp3) is 0.364. The van der Waals surface area contributed by atoms with Gasteiger partial charge in [-0.25, -0.2) is 4.79 Å². The van der Waals surface area contributed by atoms with Crippen LogP contribution in [0.1, 0.15) is 35.3 Å². The lowest BCUT2D eigenvalue weighted by molar-refractivity contribution is 0.0656. The van der Waals surface area contributed by atoms with E-state index >= 15 is 0 Å². The van der Waals surface area contributed by atoms with Crippen LogP contribution in [0.3, 0.4) is 0 Å². The lowest BCUT2D eigenvalue weighted by atomic mass is 9.96. The molecule has 1 aliphatic heterocycles. The highest BCUT2D eigenvalue weighted by molar-refractivity contribution is 6.02. The van der Waals surface area contributed by atoms with Crippen LogP contribution in [-0.4, -0.2) is 5.97 Å². The molecule has 0 N–H and O–H groups in total. The highest BCUT2D eigenvalue weighted by Gasteiger charge is 2.29. The van der Waals surface area contributed by atoms with Gasteiger partial charge in [0.25, 0.3) is 0 Å². The van der Waals surface area contributed by atoms with Gasteiger partial charge in [0.15, 0.2) is 0 Å². The summed E-state index contributed by atoms with van der Waals surface area (Å²) in [5, 5.41) is 0. The zero-order valence-electron chi connectivity index (χ0n) is 7.89. The fourth-order valence-corrected chi connectivity index (χ4v) is 1.77. The van der Waals surface area contributed by atoms with Crippen molar-refractivity contribution in [2.45, 2.75) is 26.7 Å². The van der Waals surface area contributed by atoms with Crippen LogP contribution < -0.4 is 4.74 Å². The Labute approximate surface area is 77.5 Å². The first-order valence-electron chi connectivity index (χ1n) is 4.64. The monoisotopic (exact) mass is 176 g/mol. The number of hydrogen-bond donors (Lipinski definition) is 0. The van der Waals surface area contributed by atoms with Crippen LogP contribution in [0.4, 0.5) is 0 Å². The van der Waals surface area contributed by atoms with E-state index in [4.69, 9.17) is 4.74 Å². The molecule has 0 fully saturated rings. The van der Waals surface area contributed by atoms with E-state index in [0.717, 1.165) is 24.2 Å². The molecule has 1 heterocycles. The zero-order chi connectivity index (χ0) is 9.42. The van der Waals surface area contributed by atoms with Gasteiger partial charge in [0.05, 0.1) is 0 Å². The Morgan fingerprint density at radius 3 is 2.54 bits per heavy atom. The minimum Gasteiger partial charge on any atom is -0.422 e. The number of hydrogen-bond acceptors (Lipinski definition) is 2. The van der Waals surface area contributed by atoms with Crippen molar-refractivity contribution in [2.75, 3.05) is 0 Å². The second-order valence-corrected chi connectivity index (χ2v) is 3.18. The molecule has 0 radical (unpaired) electrons. The first-order chi connectivity index (χ1) is 6.27. The minimum absolute atomic E-state index is 0.188. The molecule has 0 unspecified atom stereocenters. The van der Waals surface area contributed by atoms with E-state index in [1.54, 1.807) is 0 Å². The maximum Gasteiger partial charge on any atom is 0.347 e. The Bertz CT molecular complexity index is 367. The predicted octanol–water partition coefficient (Wildman–Crippen LogP) is 2.34. The van der Waals surface area contributed by atoms with Crippen molar-refractivity contribution >= 4 is 5.97 Å². The van der Waals surface area contributed by atoms with Gasteiger partial charge in [-0.1, -0.05) is 19.9 Å². The number of carbonyl (C=O) groups excluding carboxylic acids is 1. The molecule has 68 valence electrons. The maximum atomic E-state index is 11.0. The molecule has 0 bridgehead atoms. The molecule has 0 saturated heterocycles. The van der Waals surface area contributed by atoms with Crippen molar-refractivity contribution in [3.8, 4) is 5.75 Å². The van der Waals surface area contributed by atoms with Crippen LogP contribution in [0.15, 0.2) is 12.1 Å². The molecule has 0 amide bonds. The Balaban J connectivity index is 2.56. The van der Waals surface area contributed by atoms with Crippen LogP contribution in [0.5, 0.6) is 5.75 Å². The second-order valence-electron chi connectivity index (χ2n) is 3.18. The van der Waals surface area contributed by atoms with Gasteiger partial charge in [-0.3, -0.25) is 0 Å². The molecule has 2 rings (SSSR count). The topological polar surface area (TPSA) is 26.3 Å². The molecule has 1 aromatic carbocycles. The second kappa shape index (κ2) is 2.87. The summed E-state index contributed by atoms with van der Waals surface area (Å²) in [4.78, 5) is 11.0. The number of carbonyl (C=O) groups is 1. The first kappa shape index (κ1) is 8.30. The van der Waals surface area contributed by atoms with Gasteiger partial charge >= 0.3 is 5.97 Å². The van der Waals surface area contributed by atoms with E-state index in [9.17, 15) is 4.79 Å². The quantitative estimate of drug-likeness (QED) is 0.646. The number of fused-ring (bicyclic) bond motifs is 1. The molecule has 0 aliphatic carbocycles. The largest absolute Gasteiger partial charge is 0.422 e. The standard InChI is InChI=1S/C11H12O2/c1-3-7-5-6-9-10(8(7)4-2)13-11(9)12/h5-6H,3-4H2,1-2H3. The first-order valence-corrected chi connectivity index (χ1v) is 4.64. The third kappa shape index (κ3) is 1.05.